The lowest BCUT2D eigenvalue weighted by molar-refractivity contribution is 0.100. The Morgan fingerprint density at radius 2 is 1.75 bits per heavy atom. The summed E-state index contributed by atoms with van der Waals surface area (Å²) in [5.41, 5.74) is 1.88. The summed E-state index contributed by atoms with van der Waals surface area (Å²) < 4.78 is 27.2. The summed E-state index contributed by atoms with van der Waals surface area (Å²) in [5.74, 6) is 4.77. The van der Waals surface area contributed by atoms with Crippen molar-refractivity contribution in [3.63, 3.8) is 0 Å². The number of aromatic nitrogens is 1. The molecule has 0 saturated carbocycles. The fraction of sp³-hybridized carbons (Fsp3) is 0.0870. The minimum atomic E-state index is -2.61. The summed E-state index contributed by atoms with van der Waals surface area (Å²) in [6.07, 6.45) is 5.90. The van der Waals surface area contributed by atoms with Crippen molar-refractivity contribution in [1.29, 1.82) is 0 Å². The van der Waals surface area contributed by atoms with Crippen LogP contribution >= 0.6 is 0 Å². The van der Waals surface area contributed by atoms with Crippen LogP contribution in [0.1, 0.15) is 21.5 Å². The molecule has 0 spiro atoms. The predicted molar refractivity (Wildman–Crippen MR) is 126 cm³/mol. The van der Waals surface area contributed by atoms with Crippen LogP contribution < -0.4 is 10.6 Å². The molecule has 0 aliphatic carbocycles. The maximum Gasteiger partial charge on any atom is 0.323 e. The number of carbonyl (C=O) groups is 2. The molecule has 0 fully saturated rings. The summed E-state index contributed by atoms with van der Waals surface area (Å²) >= 11 is 0. The van der Waals surface area contributed by atoms with Crippen LogP contribution in [0.3, 0.4) is 0 Å². The van der Waals surface area contributed by atoms with E-state index < -0.39 is 27.9 Å². The molecule has 0 radical (unpaired) electrons. The molecule has 3 rings (SSSR count). The van der Waals surface area contributed by atoms with Gasteiger partial charge in [-0.05, 0) is 48.9 Å². The first kappa shape index (κ1) is 22.8. The number of amides is 3. The number of nitrogens with zero attached hydrogens (tertiary/aromatic N) is 2. The van der Waals surface area contributed by atoms with Crippen LogP contribution in [-0.4, -0.2) is 34.0 Å². The molecule has 7 nitrogen and oxygen atoms in total. The van der Waals surface area contributed by atoms with E-state index in [0.29, 0.717) is 16.8 Å². The largest absolute Gasteiger partial charge is 0.345 e. The van der Waals surface area contributed by atoms with E-state index in [-0.39, 0.29) is 11.3 Å². The second kappa shape index (κ2) is 9.96. The number of para-hydroxylation sites is 1. The van der Waals surface area contributed by atoms with Crippen molar-refractivity contribution in [2.45, 2.75) is 0 Å². The van der Waals surface area contributed by atoms with Crippen LogP contribution in [0.4, 0.5) is 20.6 Å². The number of anilines is 2. The SMILES string of the molecule is C[SH](C)(O)=NC(=O)c1cncc(C#Cc2cccc(NC(=O)Nc3ccccc3F)c2)c1. The van der Waals surface area contributed by atoms with Crippen molar-refractivity contribution < 1.29 is 18.5 Å². The molecule has 0 unspecified atom stereocenters. The van der Waals surface area contributed by atoms with Gasteiger partial charge in [0.25, 0.3) is 5.91 Å². The summed E-state index contributed by atoms with van der Waals surface area (Å²) in [6, 6.07) is 13.6. The van der Waals surface area contributed by atoms with E-state index in [4.69, 9.17) is 0 Å². The Morgan fingerprint density at radius 1 is 1.00 bits per heavy atom. The Morgan fingerprint density at radius 3 is 2.50 bits per heavy atom. The molecule has 0 atom stereocenters. The zero-order valence-electron chi connectivity index (χ0n) is 17.3. The average Bonchev–Trinajstić information content (AvgIpc) is 2.73. The predicted octanol–water partition coefficient (Wildman–Crippen LogP) is 4.21. The van der Waals surface area contributed by atoms with Crippen LogP contribution in [0.5, 0.6) is 0 Å². The van der Waals surface area contributed by atoms with Gasteiger partial charge in [-0.3, -0.25) is 9.78 Å². The fourth-order valence-electron chi connectivity index (χ4n) is 2.57. The van der Waals surface area contributed by atoms with E-state index in [9.17, 15) is 18.5 Å². The second-order valence-electron chi connectivity index (χ2n) is 7.09. The highest BCUT2D eigenvalue weighted by molar-refractivity contribution is 7.98. The number of hydrogen-bond acceptors (Lipinski definition) is 3. The van der Waals surface area contributed by atoms with Gasteiger partial charge in [0.2, 0.25) is 0 Å². The van der Waals surface area contributed by atoms with E-state index in [1.165, 1.54) is 43.1 Å². The molecule has 0 saturated heterocycles. The number of hydrogen-bond donors (Lipinski definition) is 4. The number of rotatable bonds is 3. The van der Waals surface area contributed by atoms with Crippen LogP contribution in [-0.2, 0) is 10.1 Å². The zero-order chi connectivity index (χ0) is 23.1. The van der Waals surface area contributed by atoms with Crippen molar-refractivity contribution >= 4 is 33.4 Å². The number of pyridine rings is 1. The van der Waals surface area contributed by atoms with Gasteiger partial charge < -0.3 is 15.2 Å². The highest BCUT2D eigenvalue weighted by Gasteiger charge is 2.08. The third kappa shape index (κ3) is 6.84. The van der Waals surface area contributed by atoms with Gasteiger partial charge in [-0.25, -0.2) is 9.18 Å². The van der Waals surface area contributed by atoms with Gasteiger partial charge in [-0.2, -0.15) is 4.36 Å². The van der Waals surface area contributed by atoms with Crippen molar-refractivity contribution in [2.75, 3.05) is 23.1 Å². The number of thiol groups is 1. The number of nitrogens with one attached hydrogen (secondary N) is 2. The van der Waals surface area contributed by atoms with Crippen LogP contribution in [0, 0.1) is 17.7 Å². The van der Waals surface area contributed by atoms with E-state index in [1.807, 2.05) is 0 Å². The smallest absolute Gasteiger partial charge is 0.323 e. The molecule has 2 aromatic carbocycles. The molecule has 1 aromatic heterocycles. The summed E-state index contributed by atoms with van der Waals surface area (Å²) in [4.78, 5) is 28.3. The first-order chi connectivity index (χ1) is 15.2. The van der Waals surface area contributed by atoms with Gasteiger partial charge in [0, 0.05) is 29.2 Å². The first-order valence-electron chi connectivity index (χ1n) is 9.44. The minimum Gasteiger partial charge on any atom is -0.345 e. The zero-order valence-corrected chi connectivity index (χ0v) is 18.2. The van der Waals surface area contributed by atoms with Gasteiger partial charge >= 0.3 is 6.03 Å². The Bertz CT molecular complexity index is 1280. The number of carbonyl (C=O) groups excluding carboxylic acids is 2. The molecule has 3 N–H and O–H groups in total. The summed E-state index contributed by atoms with van der Waals surface area (Å²) in [6.45, 7) is 0. The van der Waals surface area contributed by atoms with E-state index >= 15 is 0 Å². The third-order valence-electron chi connectivity index (χ3n) is 3.91. The Balaban J connectivity index is 1.72. The van der Waals surface area contributed by atoms with Crippen LogP contribution in [0.25, 0.3) is 0 Å². The monoisotopic (exact) mass is 452 g/mol. The number of halogens is 1. The molecule has 164 valence electrons. The minimum absolute atomic E-state index is 0.0707. The lowest BCUT2D eigenvalue weighted by Crippen LogP contribution is -2.20. The summed E-state index contributed by atoms with van der Waals surface area (Å²) in [7, 11) is -2.61. The Kier molecular flexibility index (Phi) is 7.10. The molecule has 9 heteroatoms. The van der Waals surface area contributed by atoms with Crippen molar-refractivity contribution in [1.82, 2.24) is 4.98 Å². The first-order valence-corrected chi connectivity index (χ1v) is 12.0. The van der Waals surface area contributed by atoms with Crippen molar-refractivity contribution in [3.8, 4) is 11.8 Å². The van der Waals surface area contributed by atoms with Crippen molar-refractivity contribution in [2.24, 2.45) is 4.36 Å². The molecule has 3 amide bonds. The van der Waals surface area contributed by atoms with E-state index in [2.05, 4.69) is 31.8 Å². The number of urea groups is 1. The normalized spacial score (nSPS) is 11.0. The molecule has 0 bridgehead atoms. The lowest BCUT2D eigenvalue weighted by atomic mass is 10.1. The topological polar surface area (TPSA) is 104 Å². The number of benzene rings is 2. The Labute approximate surface area is 186 Å². The standard InChI is InChI=1S/C23H21FN4O3S/c1-32(2,31)28-22(29)18-12-17(14-25-15-18)11-10-16-6-5-7-19(13-16)26-23(30)27-21-9-4-3-8-20(21)24/h3-9,12-15,32H,1-2H3,(H2,26,27,30)(H,28,29,31). The molecule has 0 aliphatic rings. The quantitative estimate of drug-likeness (QED) is 0.353. The highest BCUT2D eigenvalue weighted by atomic mass is 32.3. The molecule has 32 heavy (non-hydrogen) atoms. The molecule has 1 heterocycles. The lowest BCUT2D eigenvalue weighted by Gasteiger charge is -2.09. The molecule has 3 aromatic rings. The molecular weight excluding hydrogens is 431 g/mol. The van der Waals surface area contributed by atoms with Gasteiger partial charge in [0.05, 0.1) is 11.3 Å². The van der Waals surface area contributed by atoms with Crippen LogP contribution in [0.2, 0.25) is 0 Å². The molecular formula is C23H21FN4O3S. The van der Waals surface area contributed by atoms with Gasteiger partial charge in [0.1, 0.15) is 5.82 Å². The van der Waals surface area contributed by atoms with Crippen LogP contribution in [0.15, 0.2) is 71.4 Å². The fourth-order valence-corrected chi connectivity index (χ4v) is 3.13. The maximum atomic E-state index is 13.7. The average molecular weight is 453 g/mol. The van der Waals surface area contributed by atoms with E-state index in [1.54, 1.807) is 36.4 Å². The van der Waals surface area contributed by atoms with Gasteiger partial charge in [-0.15, -0.1) is 10.1 Å². The van der Waals surface area contributed by atoms with Crippen molar-refractivity contribution in [3.05, 3.63) is 89.5 Å². The van der Waals surface area contributed by atoms with E-state index in [0.717, 1.165) is 0 Å². The maximum absolute atomic E-state index is 13.7. The van der Waals surface area contributed by atoms with Gasteiger partial charge in [-0.1, -0.05) is 30.0 Å². The molecule has 0 aliphatic heterocycles. The second-order valence-corrected chi connectivity index (χ2v) is 9.97. The van der Waals surface area contributed by atoms with Gasteiger partial charge in [0.15, 0.2) is 0 Å². The summed E-state index contributed by atoms with van der Waals surface area (Å²) in [5, 5.41) is 5.07. The third-order valence-corrected chi connectivity index (χ3v) is 4.59. The highest BCUT2D eigenvalue weighted by Crippen LogP contribution is 2.15. The Hall–Kier alpha value is -3.87.